The smallest absolute Gasteiger partial charge is 0.222 e. The molecule has 0 radical (unpaired) electrons. The van der Waals surface area contributed by atoms with Crippen LogP contribution in [0, 0.1) is 0 Å². The van der Waals surface area contributed by atoms with E-state index in [9.17, 15) is 4.79 Å². The van der Waals surface area contributed by atoms with Gasteiger partial charge < -0.3 is 9.80 Å². The lowest BCUT2D eigenvalue weighted by Gasteiger charge is -2.36. The molecule has 0 spiro atoms. The van der Waals surface area contributed by atoms with Crippen LogP contribution in [-0.2, 0) is 17.6 Å². The largest absolute Gasteiger partial charge is 0.352 e. The lowest BCUT2D eigenvalue weighted by molar-refractivity contribution is -0.131. The number of carbonyl (C=O) groups excluding carboxylic acids is 1. The molecule has 2 aliphatic carbocycles. The van der Waals surface area contributed by atoms with Crippen LogP contribution in [0.15, 0.2) is 0 Å². The van der Waals surface area contributed by atoms with E-state index in [1.165, 1.54) is 59.2 Å². The maximum atomic E-state index is 12.0. The number of hydrogen-bond acceptors (Lipinski definition) is 5. The van der Waals surface area contributed by atoms with Gasteiger partial charge in [0, 0.05) is 43.4 Å². The summed E-state index contributed by atoms with van der Waals surface area (Å²) in [6.45, 7) is 5.33. The number of aromatic nitrogens is 2. The van der Waals surface area contributed by atoms with Crippen molar-refractivity contribution in [3.05, 3.63) is 16.3 Å². The van der Waals surface area contributed by atoms with Crippen LogP contribution < -0.4 is 4.90 Å². The standard InChI is InChI=1S/C20H26N4OS/c1-2-16(25)23-9-11-24(12-10-23)19-17-14-5-3-4-6-15(14)26-20(17)22-18(21-19)13-7-8-13/h13H,2-12H2,1H3. The van der Waals surface area contributed by atoms with Crippen LogP contribution in [-0.4, -0.2) is 47.0 Å². The highest BCUT2D eigenvalue weighted by Crippen LogP contribution is 2.44. The first-order chi connectivity index (χ1) is 12.7. The average molecular weight is 371 g/mol. The molecule has 5 rings (SSSR count). The number of fused-ring (bicyclic) bond motifs is 3. The number of nitrogens with zero attached hydrogens (tertiary/aromatic N) is 4. The van der Waals surface area contributed by atoms with E-state index in [0.717, 1.165) is 37.8 Å². The second-order valence-electron chi connectivity index (χ2n) is 7.79. The van der Waals surface area contributed by atoms with Crippen LogP contribution >= 0.6 is 11.3 Å². The van der Waals surface area contributed by atoms with Gasteiger partial charge >= 0.3 is 0 Å². The minimum Gasteiger partial charge on any atom is -0.352 e. The Morgan fingerprint density at radius 3 is 2.62 bits per heavy atom. The van der Waals surface area contributed by atoms with E-state index in [1.807, 2.05) is 23.2 Å². The van der Waals surface area contributed by atoms with Gasteiger partial charge in [-0.15, -0.1) is 11.3 Å². The van der Waals surface area contributed by atoms with Crippen molar-refractivity contribution in [2.75, 3.05) is 31.1 Å². The second kappa shape index (κ2) is 6.48. The van der Waals surface area contributed by atoms with Crippen LogP contribution in [0.1, 0.15) is 61.2 Å². The number of aryl methyl sites for hydroxylation is 2. The summed E-state index contributed by atoms with van der Waals surface area (Å²) in [6.07, 6.45) is 8.01. The molecule has 1 saturated carbocycles. The zero-order valence-electron chi connectivity index (χ0n) is 15.5. The number of amides is 1. The monoisotopic (exact) mass is 370 g/mol. The highest BCUT2D eigenvalue weighted by Gasteiger charge is 2.31. The molecule has 1 aliphatic heterocycles. The van der Waals surface area contributed by atoms with Crippen LogP contribution in [0.5, 0.6) is 0 Å². The van der Waals surface area contributed by atoms with Gasteiger partial charge in [-0.25, -0.2) is 9.97 Å². The molecule has 1 saturated heterocycles. The molecule has 0 bridgehead atoms. The third-order valence-corrected chi connectivity index (χ3v) is 7.18. The summed E-state index contributed by atoms with van der Waals surface area (Å²) in [5.41, 5.74) is 1.51. The average Bonchev–Trinajstić information content (AvgIpc) is 3.47. The van der Waals surface area contributed by atoms with E-state index in [4.69, 9.17) is 9.97 Å². The van der Waals surface area contributed by atoms with Gasteiger partial charge in [0.15, 0.2) is 0 Å². The van der Waals surface area contributed by atoms with Crippen LogP contribution in [0.25, 0.3) is 10.2 Å². The molecule has 138 valence electrons. The lowest BCUT2D eigenvalue weighted by atomic mass is 9.97. The van der Waals surface area contributed by atoms with E-state index in [1.54, 1.807) is 0 Å². The molecule has 2 aromatic rings. The van der Waals surface area contributed by atoms with Crippen molar-refractivity contribution in [2.24, 2.45) is 0 Å². The van der Waals surface area contributed by atoms with Crippen LogP contribution in [0.4, 0.5) is 5.82 Å². The Morgan fingerprint density at radius 1 is 1.12 bits per heavy atom. The molecule has 0 aromatic carbocycles. The maximum absolute atomic E-state index is 12.0. The number of anilines is 1. The van der Waals surface area contributed by atoms with Gasteiger partial charge in [0.1, 0.15) is 16.5 Å². The van der Waals surface area contributed by atoms with E-state index in [-0.39, 0.29) is 5.91 Å². The predicted molar refractivity (Wildman–Crippen MR) is 105 cm³/mol. The topological polar surface area (TPSA) is 49.3 Å². The first-order valence-corrected chi connectivity index (χ1v) is 10.9. The Kier molecular flexibility index (Phi) is 4.11. The minimum atomic E-state index is 0.268. The van der Waals surface area contributed by atoms with Gasteiger partial charge in [0.25, 0.3) is 0 Å². The summed E-state index contributed by atoms with van der Waals surface area (Å²) in [5, 5.41) is 1.32. The molecule has 6 heteroatoms. The summed E-state index contributed by atoms with van der Waals surface area (Å²) in [6, 6.07) is 0. The fraction of sp³-hybridized carbons (Fsp3) is 0.650. The maximum Gasteiger partial charge on any atom is 0.222 e. The third-order valence-electron chi connectivity index (χ3n) is 5.99. The normalized spacial score (nSPS) is 20.5. The highest BCUT2D eigenvalue weighted by atomic mass is 32.1. The van der Waals surface area contributed by atoms with Crippen molar-refractivity contribution >= 4 is 33.3 Å². The molecule has 1 amide bonds. The SMILES string of the molecule is CCC(=O)N1CCN(c2nc(C3CC3)nc3sc4c(c23)CCCC4)CC1. The van der Waals surface area contributed by atoms with Gasteiger partial charge in [-0.2, -0.15) is 0 Å². The van der Waals surface area contributed by atoms with E-state index < -0.39 is 0 Å². The lowest BCUT2D eigenvalue weighted by Crippen LogP contribution is -2.49. The second-order valence-corrected chi connectivity index (χ2v) is 8.88. The molecule has 26 heavy (non-hydrogen) atoms. The summed E-state index contributed by atoms with van der Waals surface area (Å²) >= 11 is 1.90. The van der Waals surface area contributed by atoms with Crippen molar-refractivity contribution < 1.29 is 4.79 Å². The Bertz CT molecular complexity index is 849. The Balaban J connectivity index is 1.53. The number of piperazine rings is 1. The number of hydrogen-bond donors (Lipinski definition) is 0. The molecule has 2 aromatic heterocycles. The molecule has 5 nitrogen and oxygen atoms in total. The van der Waals surface area contributed by atoms with Crippen molar-refractivity contribution in [1.82, 2.24) is 14.9 Å². The van der Waals surface area contributed by atoms with E-state index in [0.29, 0.717) is 12.3 Å². The summed E-state index contributed by atoms with van der Waals surface area (Å²) in [4.78, 5) is 29.2. The quantitative estimate of drug-likeness (QED) is 0.830. The summed E-state index contributed by atoms with van der Waals surface area (Å²) in [5.74, 6) is 3.04. The van der Waals surface area contributed by atoms with Crippen molar-refractivity contribution in [3.8, 4) is 0 Å². The number of carbonyl (C=O) groups is 1. The molecule has 2 fully saturated rings. The van der Waals surface area contributed by atoms with Crippen molar-refractivity contribution in [2.45, 2.75) is 57.8 Å². The molecule has 3 aliphatic rings. The van der Waals surface area contributed by atoms with Gasteiger partial charge in [-0.05, 0) is 44.1 Å². The fourth-order valence-corrected chi connectivity index (χ4v) is 5.56. The van der Waals surface area contributed by atoms with E-state index >= 15 is 0 Å². The zero-order valence-corrected chi connectivity index (χ0v) is 16.3. The summed E-state index contributed by atoms with van der Waals surface area (Å²) < 4.78 is 0. The van der Waals surface area contributed by atoms with Gasteiger partial charge in [0.05, 0.1) is 5.39 Å². The fourth-order valence-electron chi connectivity index (χ4n) is 4.30. The van der Waals surface area contributed by atoms with E-state index in [2.05, 4.69) is 4.90 Å². The Labute approximate surface area is 158 Å². The number of thiophene rings is 1. The predicted octanol–water partition coefficient (Wildman–Crippen LogP) is 3.51. The molecular formula is C20H26N4OS. The van der Waals surface area contributed by atoms with Gasteiger partial charge in [0.2, 0.25) is 5.91 Å². The molecule has 3 heterocycles. The van der Waals surface area contributed by atoms with Crippen molar-refractivity contribution in [1.29, 1.82) is 0 Å². The Morgan fingerprint density at radius 2 is 1.88 bits per heavy atom. The third kappa shape index (κ3) is 2.79. The van der Waals surface area contributed by atoms with Crippen LogP contribution in [0.3, 0.4) is 0 Å². The zero-order chi connectivity index (χ0) is 17.7. The molecule has 0 N–H and O–H groups in total. The summed E-state index contributed by atoms with van der Waals surface area (Å²) in [7, 11) is 0. The highest BCUT2D eigenvalue weighted by molar-refractivity contribution is 7.19. The molecule has 0 atom stereocenters. The number of rotatable bonds is 3. The first kappa shape index (κ1) is 16.5. The minimum absolute atomic E-state index is 0.268. The van der Waals surface area contributed by atoms with Crippen molar-refractivity contribution in [3.63, 3.8) is 0 Å². The first-order valence-electron chi connectivity index (χ1n) is 10.1. The molecular weight excluding hydrogens is 344 g/mol. The van der Waals surface area contributed by atoms with Crippen LogP contribution in [0.2, 0.25) is 0 Å². The van der Waals surface area contributed by atoms with Gasteiger partial charge in [-0.1, -0.05) is 6.92 Å². The Hall–Kier alpha value is -1.69. The molecule has 0 unspecified atom stereocenters. The van der Waals surface area contributed by atoms with Gasteiger partial charge in [-0.3, -0.25) is 4.79 Å².